The van der Waals surface area contributed by atoms with Crippen LogP contribution in [0.4, 0.5) is 0 Å². The number of methoxy groups -OCH3 is 2. The van der Waals surface area contributed by atoms with E-state index in [9.17, 15) is 5.11 Å². The summed E-state index contributed by atoms with van der Waals surface area (Å²) in [5.41, 5.74) is 2.29. The van der Waals surface area contributed by atoms with E-state index in [1.807, 2.05) is 0 Å². The second-order valence-electron chi connectivity index (χ2n) is 6.86. The van der Waals surface area contributed by atoms with E-state index >= 15 is 0 Å². The molecule has 0 aliphatic carbocycles. The second kappa shape index (κ2) is 6.60. The van der Waals surface area contributed by atoms with Gasteiger partial charge in [0.25, 0.3) is 0 Å². The molecule has 4 heteroatoms. The van der Waals surface area contributed by atoms with Crippen molar-refractivity contribution in [2.75, 3.05) is 27.3 Å². The molecule has 1 aromatic rings. The van der Waals surface area contributed by atoms with Crippen molar-refractivity contribution >= 4 is 0 Å². The summed E-state index contributed by atoms with van der Waals surface area (Å²) in [5, 5.41) is 10.6. The zero-order valence-corrected chi connectivity index (χ0v) is 14.8. The van der Waals surface area contributed by atoms with Crippen LogP contribution in [0.15, 0.2) is 6.07 Å². The van der Waals surface area contributed by atoms with Crippen LogP contribution in [-0.2, 0) is 6.42 Å². The lowest BCUT2D eigenvalue weighted by Gasteiger charge is -2.47. The zero-order chi connectivity index (χ0) is 16.6. The molecule has 1 saturated heterocycles. The van der Waals surface area contributed by atoms with Gasteiger partial charge in [-0.25, -0.2) is 0 Å². The Kier molecular flexibility index (Phi) is 4.72. The van der Waals surface area contributed by atoms with Crippen LogP contribution >= 0.6 is 0 Å². The number of hydrogen-bond acceptors (Lipinski definition) is 4. The highest BCUT2D eigenvalue weighted by atomic mass is 16.5. The number of ether oxygens (including phenoxy) is 2. The smallest absolute Gasteiger partial charge is 0.203 e. The van der Waals surface area contributed by atoms with Crippen molar-refractivity contribution in [1.82, 2.24) is 4.90 Å². The number of nitrogens with zero attached hydrogens (tertiary/aromatic N) is 1. The van der Waals surface area contributed by atoms with E-state index in [-0.39, 0.29) is 5.75 Å². The monoisotopic (exact) mass is 319 g/mol. The van der Waals surface area contributed by atoms with Gasteiger partial charge in [0.1, 0.15) is 0 Å². The SMILES string of the molecule is CC[C@H]1C[C@H]2c3cc(OC)c(OC)c(O)c3CCN2C[C@@H]1CC. The molecule has 1 aromatic carbocycles. The molecule has 0 aromatic heterocycles. The Balaban J connectivity index is 2.01. The minimum Gasteiger partial charge on any atom is -0.504 e. The molecule has 0 amide bonds. The fourth-order valence-electron chi connectivity index (χ4n) is 4.59. The molecular formula is C19H29NO3. The number of aromatic hydroxyl groups is 1. The summed E-state index contributed by atoms with van der Waals surface area (Å²) in [5.74, 6) is 2.94. The number of phenols is 1. The molecule has 1 fully saturated rings. The van der Waals surface area contributed by atoms with Gasteiger partial charge in [-0.05, 0) is 36.3 Å². The minimum absolute atomic E-state index is 0.271. The van der Waals surface area contributed by atoms with Gasteiger partial charge in [-0.2, -0.15) is 0 Å². The number of rotatable bonds is 4. The molecule has 23 heavy (non-hydrogen) atoms. The van der Waals surface area contributed by atoms with Gasteiger partial charge in [0.2, 0.25) is 5.75 Å². The standard InChI is InChI=1S/C19H29NO3/c1-5-12-9-16-15-10-17(22-3)19(23-4)18(21)14(15)7-8-20(16)11-13(12)6-2/h10,12-13,16,21H,5-9,11H2,1-4H3/t12-,13-,16-/m0/s1. The van der Waals surface area contributed by atoms with Crippen molar-refractivity contribution in [2.45, 2.75) is 45.6 Å². The summed E-state index contributed by atoms with van der Waals surface area (Å²) >= 11 is 0. The van der Waals surface area contributed by atoms with E-state index in [0.29, 0.717) is 17.5 Å². The molecule has 4 nitrogen and oxygen atoms in total. The van der Waals surface area contributed by atoms with E-state index in [1.165, 1.54) is 31.4 Å². The van der Waals surface area contributed by atoms with Crippen molar-refractivity contribution < 1.29 is 14.6 Å². The van der Waals surface area contributed by atoms with E-state index in [1.54, 1.807) is 14.2 Å². The third kappa shape index (κ3) is 2.67. The van der Waals surface area contributed by atoms with Crippen LogP contribution in [0.1, 0.15) is 50.3 Å². The highest BCUT2D eigenvalue weighted by Crippen LogP contribution is 2.49. The van der Waals surface area contributed by atoms with Crippen LogP contribution in [0.5, 0.6) is 17.2 Å². The lowest BCUT2D eigenvalue weighted by Crippen LogP contribution is -2.45. The highest BCUT2D eigenvalue weighted by Gasteiger charge is 2.39. The third-order valence-electron chi connectivity index (χ3n) is 5.94. The zero-order valence-electron chi connectivity index (χ0n) is 14.8. The lowest BCUT2D eigenvalue weighted by molar-refractivity contribution is 0.0498. The Labute approximate surface area is 139 Å². The predicted octanol–water partition coefficient (Wildman–Crippen LogP) is 3.76. The molecule has 2 heterocycles. The number of fused-ring (bicyclic) bond motifs is 3. The van der Waals surface area contributed by atoms with Gasteiger partial charge < -0.3 is 14.6 Å². The molecule has 0 unspecified atom stereocenters. The summed E-state index contributed by atoms with van der Waals surface area (Å²) in [7, 11) is 3.21. The first-order chi connectivity index (χ1) is 11.1. The van der Waals surface area contributed by atoms with Crippen LogP contribution in [0.2, 0.25) is 0 Å². The molecule has 2 aliphatic heterocycles. The molecular weight excluding hydrogens is 290 g/mol. The largest absolute Gasteiger partial charge is 0.504 e. The number of piperidine rings is 1. The normalized spacial score (nSPS) is 27.2. The first-order valence-corrected chi connectivity index (χ1v) is 8.85. The van der Waals surface area contributed by atoms with Crippen molar-refractivity contribution in [3.63, 3.8) is 0 Å². The Hall–Kier alpha value is -1.42. The third-order valence-corrected chi connectivity index (χ3v) is 5.94. The second-order valence-corrected chi connectivity index (χ2v) is 6.86. The summed E-state index contributed by atoms with van der Waals surface area (Å²) in [4.78, 5) is 2.61. The average Bonchev–Trinajstić information content (AvgIpc) is 2.59. The van der Waals surface area contributed by atoms with Crippen molar-refractivity contribution in [3.05, 3.63) is 17.2 Å². The van der Waals surface area contributed by atoms with Crippen LogP contribution in [0.3, 0.4) is 0 Å². The molecule has 3 rings (SSSR count). The first kappa shape index (κ1) is 16.4. The average molecular weight is 319 g/mol. The Morgan fingerprint density at radius 3 is 2.52 bits per heavy atom. The molecule has 0 radical (unpaired) electrons. The summed E-state index contributed by atoms with van der Waals surface area (Å²) < 4.78 is 10.8. The molecule has 128 valence electrons. The molecule has 0 bridgehead atoms. The van der Waals surface area contributed by atoms with Gasteiger partial charge in [-0.1, -0.05) is 26.7 Å². The molecule has 3 atom stereocenters. The van der Waals surface area contributed by atoms with Crippen LogP contribution < -0.4 is 9.47 Å². The number of hydrogen-bond donors (Lipinski definition) is 1. The topological polar surface area (TPSA) is 41.9 Å². The maximum absolute atomic E-state index is 10.6. The molecule has 1 N–H and O–H groups in total. The number of benzene rings is 1. The van der Waals surface area contributed by atoms with Gasteiger partial charge in [-0.15, -0.1) is 0 Å². The molecule has 0 saturated carbocycles. The van der Waals surface area contributed by atoms with Gasteiger partial charge in [-0.3, -0.25) is 4.90 Å². The van der Waals surface area contributed by atoms with E-state index in [0.717, 1.165) is 30.4 Å². The van der Waals surface area contributed by atoms with Crippen LogP contribution in [0, 0.1) is 11.8 Å². The van der Waals surface area contributed by atoms with E-state index in [4.69, 9.17) is 9.47 Å². The van der Waals surface area contributed by atoms with Crippen molar-refractivity contribution in [3.8, 4) is 17.2 Å². The van der Waals surface area contributed by atoms with E-state index in [2.05, 4.69) is 24.8 Å². The van der Waals surface area contributed by atoms with Gasteiger partial charge in [0.15, 0.2) is 11.5 Å². The summed E-state index contributed by atoms with van der Waals surface area (Å²) in [6, 6.07) is 2.49. The predicted molar refractivity (Wildman–Crippen MR) is 91.4 cm³/mol. The van der Waals surface area contributed by atoms with Crippen LogP contribution in [-0.4, -0.2) is 37.3 Å². The van der Waals surface area contributed by atoms with Gasteiger partial charge in [0.05, 0.1) is 14.2 Å². The maximum Gasteiger partial charge on any atom is 0.203 e. The van der Waals surface area contributed by atoms with Crippen molar-refractivity contribution in [1.29, 1.82) is 0 Å². The quantitative estimate of drug-likeness (QED) is 0.917. The summed E-state index contributed by atoms with van der Waals surface area (Å²) in [6.07, 6.45) is 4.55. The Morgan fingerprint density at radius 2 is 1.91 bits per heavy atom. The van der Waals surface area contributed by atoms with Gasteiger partial charge >= 0.3 is 0 Å². The molecule has 0 spiro atoms. The maximum atomic E-state index is 10.6. The highest BCUT2D eigenvalue weighted by molar-refractivity contribution is 5.59. The Bertz CT molecular complexity index is 572. The first-order valence-electron chi connectivity index (χ1n) is 8.85. The van der Waals surface area contributed by atoms with E-state index < -0.39 is 0 Å². The minimum atomic E-state index is 0.271. The fraction of sp³-hybridized carbons (Fsp3) is 0.684. The van der Waals surface area contributed by atoms with Crippen LogP contribution in [0.25, 0.3) is 0 Å². The number of phenolic OH excluding ortho intramolecular Hbond substituents is 1. The van der Waals surface area contributed by atoms with Crippen molar-refractivity contribution in [2.24, 2.45) is 11.8 Å². The fourth-order valence-corrected chi connectivity index (χ4v) is 4.59. The Morgan fingerprint density at radius 1 is 1.17 bits per heavy atom. The molecule has 2 aliphatic rings. The summed E-state index contributed by atoms with van der Waals surface area (Å²) in [6.45, 7) is 6.81. The lowest BCUT2D eigenvalue weighted by atomic mass is 9.74. The van der Waals surface area contributed by atoms with Gasteiger partial charge in [0, 0.05) is 24.7 Å².